The molecule has 0 aromatic heterocycles. The third-order valence-electron chi connectivity index (χ3n) is 5.67. The first-order chi connectivity index (χ1) is 13.6. The van der Waals surface area contributed by atoms with Gasteiger partial charge in [-0.15, -0.1) is 0 Å². The number of hydrogen-bond acceptors (Lipinski definition) is 5. The van der Waals surface area contributed by atoms with Crippen molar-refractivity contribution in [2.24, 2.45) is 0 Å². The summed E-state index contributed by atoms with van der Waals surface area (Å²) >= 11 is 0. The molecule has 1 N–H and O–H groups in total. The largest absolute Gasteiger partial charge is 0.444 e. The van der Waals surface area contributed by atoms with E-state index in [1.807, 2.05) is 37.3 Å². The quantitative estimate of drug-likeness (QED) is 0.525. The van der Waals surface area contributed by atoms with Gasteiger partial charge in [0.05, 0.1) is 18.8 Å². The molecule has 0 saturated heterocycles. The molecule has 0 fully saturated rings. The number of ether oxygens (including phenoxy) is 2. The van der Waals surface area contributed by atoms with Crippen LogP contribution in [0.2, 0.25) is 18.1 Å². The zero-order chi connectivity index (χ0) is 21.7. The molecule has 7 heteroatoms. The number of hydrogen-bond donors (Lipinski definition) is 1. The van der Waals surface area contributed by atoms with Gasteiger partial charge in [-0.3, -0.25) is 4.90 Å². The van der Waals surface area contributed by atoms with E-state index in [2.05, 4.69) is 33.9 Å². The lowest BCUT2D eigenvalue weighted by Crippen LogP contribution is -2.58. The number of carbonyl (C=O) groups is 1. The van der Waals surface area contributed by atoms with Crippen molar-refractivity contribution in [3.8, 4) is 0 Å². The van der Waals surface area contributed by atoms with Crippen molar-refractivity contribution in [2.75, 3.05) is 13.2 Å². The highest BCUT2D eigenvalue weighted by Gasteiger charge is 2.42. The molecule has 1 aromatic rings. The Morgan fingerprint density at radius 2 is 1.83 bits per heavy atom. The summed E-state index contributed by atoms with van der Waals surface area (Å²) in [4.78, 5) is 14.4. The lowest BCUT2D eigenvalue weighted by Gasteiger charge is -2.43. The first-order valence-electron chi connectivity index (χ1n) is 10.2. The molecule has 162 valence electrons. The van der Waals surface area contributed by atoms with Gasteiger partial charge in [0, 0.05) is 6.61 Å². The van der Waals surface area contributed by atoms with Crippen molar-refractivity contribution in [1.82, 2.24) is 4.90 Å². The van der Waals surface area contributed by atoms with Gasteiger partial charge in [0.15, 0.2) is 14.5 Å². The van der Waals surface area contributed by atoms with Crippen LogP contribution in [0.3, 0.4) is 0 Å². The molecule has 1 aliphatic heterocycles. The Kier molecular flexibility index (Phi) is 8.05. The Morgan fingerprint density at radius 3 is 2.41 bits per heavy atom. The van der Waals surface area contributed by atoms with Gasteiger partial charge in [-0.05, 0) is 36.7 Å². The van der Waals surface area contributed by atoms with Crippen LogP contribution in [0.25, 0.3) is 0 Å². The number of nitrogens with zero attached hydrogens (tertiary/aromatic N) is 1. The van der Waals surface area contributed by atoms with E-state index in [1.54, 1.807) is 12.2 Å². The fraction of sp³-hybridized carbons (Fsp3) is 0.591. The summed E-state index contributed by atoms with van der Waals surface area (Å²) < 4.78 is 17.6. The van der Waals surface area contributed by atoms with E-state index in [0.717, 1.165) is 5.56 Å². The number of amides is 1. The lowest BCUT2D eigenvalue weighted by molar-refractivity contribution is -0.0772. The normalized spacial score (nSPS) is 22.6. The maximum atomic E-state index is 13.0. The molecule has 0 aliphatic carbocycles. The van der Waals surface area contributed by atoms with Gasteiger partial charge in [0.1, 0.15) is 6.61 Å². The zero-order valence-corrected chi connectivity index (χ0v) is 19.4. The summed E-state index contributed by atoms with van der Waals surface area (Å²) in [6, 6.07) is 8.93. The molecule has 0 bridgehead atoms. The second-order valence-electron chi connectivity index (χ2n) is 8.81. The summed E-state index contributed by atoms with van der Waals surface area (Å²) in [5.41, 5.74) is 0.899. The van der Waals surface area contributed by atoms with E-state index in [0.29, 0.717) is 6.61 Å². The topological polar surface area (TPSA) is 68.2 Å². The molecule has 1 heterocycles. The van der Waals surface area contributed by atoms with Gasteiger partial charge in [-0.25, -0.2) is 4.79 Å². The molecule has 0 radical (unpaired) electrons. The Balaban J connectivity index is 2.16. The van der Waals surface area contributed by atoms with Gasteiger partial charge in [-0.2, -0.15) is 0 Å². The van der Waals surface area contributed by atoms with Crippen molar-refractivity contribution >= 4 is 14.4 Å². The van der Waals surface area contributed by atoms with Crippen LogP contribution in [0.15, 0.2) is 42.5 Å². The monoisotopic (exact) mass is 421 g/mol. The first kappa shape index (κ1) is 23.6. The molecular weight excluding hydrogens is 386 g/mol. The summed E-state index contributed by atoms with van der Waals surface area (Å²) in [6.45, 7) is 13.5. The van der Waals surface area contributed by atoms with Crippen LogP contribution in [-0.2, 0) is 20.5 Å². The number of benzene rings is 1. The molecule has 1 aromatic carbocycles. The van der Waals surface area contributed by atoms with Crippen molar-refractivity contribution < 1.29 is 23.8 Å². The lowest BCUT2D eigenvalue weighted by atomic mass is 10.1. The summed E-state index contributed by atoms with van der Waals surface area (Å²) in [5, 5.41) is 10.6. The van der Waals surface area contributed by atoms with Crippen LogP contribution >= 0.6 is 0 Å². The van der Waals surface area contributed by atoms with Crippen molar-refractivity contribution in [3.05, 3.63) is 48.0 Å². The molecule has 2 rings (SSSR count). The zero-order valence-electron chi connectivity index (χ0n) is 18.4. The standard InChI is InChI=1S/C22H35NO5Si/c1-7-26-20-14-13-19(24)18(16-28-29(5,6)22(2,3)4)23(20)21(25)27-15-17-11-9-8-10-12-17/h8-14,18-20,24H,7,15-16H2,1-6H3/t18-,19-,20?/m1/s1. The van der Waals surface area contributed by atoms with E-state index >= 15 is 0 Å². The molecule has 1 amide bonds. The second kappa shape index (κ2) is 9.89. The van der Waals surface area contributed by atoms with Gasteiger partial charge in [0.2, 0.25) is 0 Å². The molecule has 0 spiro atoms. The first-order valence-corrected chi connectivity index (χ1v) is 13.1. The molecule has 29 heavy (non-hydrogen) atoms. The van der Waals surface area contributed by atoms with Crippen molar-refractivity contribution in [2.45, 2.75) is 70.8 Å². The van der Waals surface area contributed by atoms with Crippen LogP contribution in [0, 0.1) is 0 Å². The average molecular weight is 422 g/mol. The average Bonchev–Trinajstić information content (AvgIpc) is 2.66. The van der Waals surface area contributed by atoms with Crippen LogP contribution in [0.1, 0.15) is 33.3 Å². The van der Waals surface area contributed by atoms with Gasteiger partial charge >= 0.3 is 6.09 Å². The highest BCUT2D eigenvalue weighted by atomic mass is 28.4. The fourth-order valence-corrected chi connectivity index (χ4v) is 3.83. The predicted octanol–water partition coefficient (Wildman–Crippen LogP) is 4.31. The molecule has 1 aliphatic rings. The number of carbonyl (C=O) groups excluding carboxylic acids is 1. The van der Waals surface area contributed by atoms with Crippen molar-refractivity contribution in [3.63, 3.8) is 0 Å². The number of aliphatic hydroxyl groups excluding tert-OH is 1. The SMILES string of the molecule is CCOC1C=C[C@@H](O)[C@@H](CO[Si](C)(C)C(C)(C)C)N1C(=O)OCc1ccccc1. The number of aliphatic hydroxyl groups is 1. The Hall–Kier alpha value is -1.67. The van der Waals surface area contributed by atoms with Crippen LogP contribution in [-0.4, -0.2) is 56.0 Å². The third kappa shape index (κ3) is 6.15. The van der Waals surface area contributed by atoms with Crippen LogP contribution in [0.4, 0.5) is 4.79 Å². The Bertz CT molecular complexity index is 686. The summed E-state index contributed by atoms with van der Waals surface area (Å²) in [6.07, 6.45) is 1.39. The summed E-state index contributed by atoms with van der Waals surface area (Å²) in [7, 11) is -2.05. The van der Waals surface area contributed by atoms with E-state index in [1.165, 1.54) is 4.90 Å². The van der Waals surface area contributed by atoms with Gasteiger partial charge in [-0.1, -0.05) is 57.2 Å². The molecule has 3 atom stereocenters. The van der Waals surface area contributed by atoms with E-state index in [9.17, 15) is 9.90 Å². The second-order valence-corrected chi connectivity index (χ2v) is 13.6. The Labute approximate surface area is 175 Å². The number of rotatable bonds is 7. The molecule has 0 saturated carbocycles. The minimum atomic E-state index is -2.05. The maximum Gasteiger partial charge on any atom is 0.412 e. The fourth-order valence-electron chi connectivity index (χ4n) is 2.81. The molecule has 1 unspecified atom stereocenters. The Morgan fingerprint density at radius 1 is 1.17 bits per heavy atom. The molecule has 6 nitrogen and oxygen atoms in total. The highest BCUT2D eigenvalue weighted by molar-refractivity contribution is 6.74. The van der Waals surface area contributed by atoms with Crippen LogP contribution < -0.4 is 0 Å². The highest BCUT2D eigenvalue weighted by Crippen LogP contribution is 2.37. The minimum Gasteiger partial charge on any atom is -0.444 e. The smallest absolute Gasteiger partial charge is 0.412 e. The van der Waals surface area contributed by atoms with Crippen LogP contribution in [0.5, 0.6) is 0 Å². The summed E-state index contributed by atoms with van der Waals surface area (Å²) in [5.74, 6) is 0. The maximum absolute atomic E-state index is 13.0. The van der Waals surface area contributed by atoms with Gasteiger partial charge in [0.25, 0.3) is 0 Å². The van der Waals surface area contributed by atoms with E-state index < -0.39 is 32.8 Å². The predicted molar refractivity (Wildman–Crippen MR) is 116 cm³/mol. The minimum absolute atomic E-state index is 0.0282. The van der Waals surface area contributed by atoms with Gasteiger partial charge < -0.3 is 19.0 Å². The van der Waals surface area contributed by atoms with E-state index in [-0.39, 0.29) is 18.3 Å². The third-order valence-corrected chi connectivity index (χ3v) is 10.2. The van der Waals surface area contributed by atoms with Crippen molar-refractivity contribution in [1.29, 1.82) is 0 Å². The molecular formula is C22H35NO5Si. The van der Waals surface area contributed by atoms with E-state index in [4.69, 9.17) is 13.9 Å².